The van der Waals surface area contributed by atoms with Crippen molar-refractivity contribution in [3.05, 3.63) is 59.7 Å². The summed E-state index contributed by atoms with van der Waals surface area (Å²) in [6.45, 7) is -0.325. The Morgan fingerprint density at radius 2 is 1.77 bits per heavy atom. The molecule has 1 fully saturated rings. The first-order valence-corrected chi connectivity index (χ1v) is 9.62. The molecule has 3 rings (SSSR count). The zero-order valence-corrected chi connectivity index (χ0v) is 16.8. The second-order valence-corrected chi connectivity index (χ2v) is 7.12. The summed E-state index contributed by atoms with van der Waals surface area (Å²) in [5, 5.41) is 2.33. The number of alkyl halides is 3. The van der Waals surface area contributed by atoms with Gasteiger partial charge in [0.05, 0.1) is 23.3 Å². The van der Waals surface area contributed by atoms with Crippen LogP contribution < -0.4 is 10.1 Å². The van der Waals surface area contributed by atoms with E-state index in [0.29, 0.717) is 12.8 Å². The minimum Gasteiger partial charge on any atom is -0.489 e. The largest absolute Gasteiger partial charge is 0.489 e. The van der Waals surface area contributed by atoms with Gasteiger partial charge in [0.15, 0.2) is 6.61 Å². The molecule has 31 heavy (non-hydrogen) atoms. The average molecular weight is 437 g/mol. The molecule has 0 radical (unpaired) electrons. The van der Waals surface area contributed by atoms with Crippen LogP contribution in [0, 0.1) is 0 Å². The van der Waals surface area contributed by atoms with Crippen LogP contribution in [0.1, 0.15) is 24.0 Å². The van der Waals surface area contributed by atoms with Crippen molar-refractivity contribution in [3.8, 4) is 5.75 Å². The second-order valence-electron chi connectivity index (χ2n) is 7.12. The minimum atomic E-state index is -4.59. The van der Waals surface area contributed by atoms with Gasteiger partial charge in [-0.05, 0) is 36.6 Å². The number of hydrogen-bond donors (Lipinski definition) is 1. The molecule has 0 bridgehead atoms. The number of halogens is 3. The summed E-state index contributed by atoms with van der Waals surface area (Å²) < 4.78 is 54.6. The molecule has 1 aliphatic carbocycles. The molecule has 1 aliphatic rings. The van der Waals surface area contributed by atoms with E-state index in [1.807, 2.05) is 30.3 Å². The molecule has 0 heterocycles. The van der Waals surface area contributed by atoms with E-state index in [4.69, 9.17) is 14.2 Å². The van der Waals surface area contributed by atoms with Crippen LogP contribution in [0.3, 0.4) is 0 Å². The molecule has 0 unspecified atom stereocenters. The van der Waals surface area contributed by atoms with E-state index < -0.39 is 35.6 Å². The number of amides is 1. The molecule has 1 saturated carbocycles. The lowest BCUT2D eigenvalue weighted by molar-refractivity contribution is -0.150. The van der Waals surface area contributed by atoms with E-state index in [2.05, 4.69) is 5.32 Å². The maximum atomic E-state index is 13.1. The Labute approximate surface area is 177 Å². The van der Waals surface area contributed by atoms with Crippen molar-refractivity contribution >= 4 is 17.6 Å². The Bertz CT molecular complexity index is 926. The zero-order chi connectivity index (χ0) is 22.5. The number of carbonyl (C=O) groups is 2. The normalized spacial score (nSPS) is 14.6. The van der Waals surface area contributed by atoms with Gasteiger partial charge in [0.25, 0.3) is 5.91 Å². The third-order valence-electron chi connectivity index (χ3n) is 4.93. The molecule has 9 heteroatoms. The summed E-state index contributed by atoms with van der Waals surface area (Å²) in [4.78, 5) is 24.8. The van der Waals surface area contributed by atoms with Gasteiger partial charge in [-0.2, -0.15) is 13.2 Å². The number of benzene rings is 2. The maximum Gasteiger partial charge on any atom is 0.416 e. The lowest BCUT2D eigenvalue weighted by Gasteiger charge is -2.17. The van der Waals surface area contributed by atoms with Crippen molar-refractivity contribution < 1.29 is 37.0 Å². The van der Waals surface area contributed by atoms with Gasteiger partial charge >= 0.3 is 12.1 Å². The Morgan fingerprint density at radius 1 is 1.06 bits per heavy atom. The molecule has 1 N–H and O–H groups in total. The summed E-state index contributed by atoms with van der Waals surface area (Å²) in [7, 11) is 1.45. The van der Waals surface area contributed by atoms with E-state index in [-0.39, 0.29) is 24.7 Å². The van der Waals surface area contributed by atoms with Crippen molar-refractivity contribution in [1.29, 1.82) is 0 Å². The Kier molecular flexibility index (Phi) is 6.84. The minimum absolute atomic E-state index is 0.0488. The zero-order valence-electron chi connectivity index (χ0n) is 16.8. The van der Waals surface area contributed by atoms with Crippen LogP contribution in [0.25, 0.3) is 0 Å². The number of hydrogen-bond acceptors (Lipinski definition) is 5. The molecule has 0 atom stereocenters. The summed E-state index contributed by atoms with van der Waals surface area (Å²) in [5.41, 5.74) is -1.06. The summed E-state index contributed by atoms with van der Waals surface area (Å²) in [6.07, 6.45) is -3.36. The summed E-state index contributed by atoms with van der Waals surface area (Å²) in [6, 6.07) is 11.8. The van der Waals surface area contributed by atoms with Crippen LogP contribution in [-0.4, -0.2) is 38.8 Å². The van der Waals surface area contributed by atoms with Crippen LogP contribution in [0.15, 0.2) is 48.5 Å². The molecule has 0 saturated heterocycles. The molecule has 0 spiro atoms. The van der Waals surface area contributed by atoms with E-state index in [9.17, 15) is 22.8 Å². The number of carbonyl (C=O) groups excluding carboxylic acids is 2. The summed E-state index contributed by atoms with van der Waals surface area (Å²) >= 11 is 0. The third kappa shape index (κ3) is 5.55. The number of rotatable bonds is 9. The average Bonchev–Trinajstić information content (AvgIpc) is 3.55. The van der Waals surface area contributed by atoms with Crippen molar-refractivity contribution in [2.24, 2.45) is 0 Å². The predicted octanol–water partition coefficient (Wildman–Crippen LogP) is 3.94. The highest BCUT2D eigenvalue weighted by atomic mass is 19.4. The van der Waals surface area contributed by atoms with Gasteiger partial charge in [0.1, 0.15) is 12.4 Å². The summed E-state index contributed by atoms with van der Waals surface area (Å²) in [5.74, 6) is -1.25. The molecule has 166 valence electrons. The van der Waals surface area contributed by atoms with E-state index in [1.165, 1.54) is 7.11 Å². The fraction of sp³-hybridized carbons (Fsp3) is 0.364. The molecule has 2 aromatic carbocycles. The van der Waals surface area contributed by atoms with Gasteiger partial charge in [-0.25, -0.2) is 0 Å². The quantitative estimate of drug-likeness (QED) is 0.475. The van der Waals surface area contributed by atoms with Crippen LogP contribution >= 0.6 is 0 Å². The van der Waals surface area contributed by atoms with Crippen molar-refractivity contribution in [2.45, 2.75) is 24.4 Å². The first-order chi connectivity index (χ1) is 14.8. The molecule has 1 amide bonds. The highest BCUT2D eigenvalue weighted by Crippen LogP contribution is 2.49. The molecular formula is C22H22F3NO5. The van der Waals surface area contributed by atoms with Crippen molar-refractivity contribution in [2.75, 3.05) is 32.2 Å². The maximum absolute atomic E-state index is 13.1. The number of nitrogens with one attached hydrogen (secondary N) is 1. The fourth-order valence-electron chi connectivity index (χ4n) is 3.11. The van der Waals surface area contributed by atoms with Crippen LogP contribution in [0.5, 0.6) is 5.75 Å². The highest BCUT2D eigenvalue weighted by molar-refractivity contribution is 5.95. The Hall–Kier alpha value is -3.07. The van der Waals surface area contributed by atoms with E-state index in [1.54, 1.807) is 0 Å². The Balaban J connectivity index is 1.65. The highest BCUT2D eigenvalue weighted by Gasteiger charge is 2.52. The fourth-order valence-corrected chi connectivity index (χ4v) is 3.11. The monoisotopic (exact) mass is 437 g/mol. The van der Waals surface area contributed by atoms with Gasteiger partial charge in [0, 0.05) is 7.11 Å². The molecule has 0 aromatic heterocycles. The van der Waals surface area contributed by atoms with Crippen molar-refractivity contribution in [1.82, 2.24) is 0 Å². The van der Waals surface area contributed by atoms with Gasteiger partial charge in [-0.15, -0.1) is 0 Å². The van der Waals surface area contributed by atoms with Gasteiger partial charge in [-0.3, -0.25) is 9.59 Å². The molecular weight excluding hydrogens is 415 g/mol. The lowest BCUT2D eigenvalue weighted by atomic mass is 9.96. The van der Waals surface area contributed by atoms with Crippen molar-refractivity contribution in [3.63, 3.8) is 0 Å². The van der Waals surface area contributed by atoms with E-state index in [0.717, 1.165) is 23.8 Å². The lowest BCUT2D eigenvalue weighted by Crippen LogP contribution is -2.28. The smallest absolute Gasteiger partial charge is 0.416 e. The first kappa shape index (κ1) is 22.6. The predicted molar refractivity (Wildman–Crippen MR) is 106 cm³/mol. The van der Waals surface area contributed by atoms with Crippen LogP contribution in [0.2, 0.25) is 0 Å². The molecule has 2 aromatic rings. The molecule has 0 aliphatic heterocycles. The van der Waals surface area contributed by atoms with Gasteiger partial charge in [-0.1, -0.05) is 30.3 Å². The van der Waals surface area contributed by atoms with E-state index >= 15 is 0 Å². The molecule has 6 nitrogen and oxygen atoms in total. The standard InChI is InChI=1S/C22H22F3NO5/c1-29-11-12-30-18-8-7-16(22(23,24)25)13-17(18)26-19(27)14-31-20(28)21(9-10-21)15-5-3-2-4-6-15/h2-8,13H,9-12,14H2,1H3,(H,26,27). The van der Waals surface area contributed by atoms with Gasteiger partial charge < -0.3 is 19.5 Å². The van der Waals surface area contributed by atoms with Gasteiger partial charge in [0.2, 0.25) is 0 Å². The second kappa shape index (κ2) is 9.38. The Morgan fingerprint density at radius 3 is 2.39 bits per heavy atom. The van der Waals surface area contributed by atoms with Crippen LogP contribution in [-0.2, 0) is 30.7 Å². The number of esters is 1. The number of anilines is 1. The third-order valence-corrected chi connectivity index (χ3v) is 4.93. The number of ether oxygens (including phenoxy) is 3. The SMILES string of the molecule is COCCOc1ccc(C(F)(F)F)cc1NC(=O)COC(=O)C1(c2ccccc2)CC1. The van der Waals surface area contributed by atoms with Crippen LogP contribution in [0.4, 0.5) is 18.9 Å². The first-order valence-electron chi connectivity index (χ1n) is 9.62. The topological polar surface area (TPSA) is 73.9 Å². The number of methoxy groups -OCH3 is 1.